The average Bonchev–Trinajstić information content (AvgIpc) is 3.07. The molecule has 0 amide bonds. The van der Waals surface area contributed by atoms with Crippen molar-refractivity contribution in [2.24, 2.45) is 0 Å². The Morgan fingerprint density at radius 2 is 2.05 bits per heavy atom. The molecular formula is C16H21NO2. The first kappa shape index (κ1) is 12.7. The third kappa shape index (κ3) is 2.67. The Morgan fingerprint density at radius 1 is 1.32 bits per heavy atom. The second kappa shape index (κ2) is 5.35. The molecule has 1 N–H and O–H groups in total. The van der Waals surface area contributed by atoms with E-state index in [2.05, 4.69) is 11.9 Å². The first-order chi connectivity index (χ1) is 9.24. The number of hydrogen-bond donors (Lipinski definition) is 1. The van der Waals surface area contributed by atoms with Gasteiger partial charge in [0.25, 0.3) is 0 Å². The highest BCUT2D eigenvalue weighted by Crippen LogP contribution is 2.27. The van der Waals surface area contributed by atoms with E-state index < -0.39 is 6.10 Å². The minimum atomic E-state index is -0.544. The highest BCUT2D eigenvalue weighted by Gasteiger charge is 2.23. The van der Waals surface area contributed by atoms with Crippen LogP contribution in [0.3, 0.4) is 0 Å². The summed E-state index contributed by atoms with van der Waals surface area (Å²) in [6.07, 6.45) is 4.59. The number of aliphatic hydroxyl groups excluding tert-OH is 1. The summed E-state index contributed by atoms with van der Waals surface area (Å²) in [6.45, 7) is 0.643. The smallest absolute Gasteiger partial charge is 0.135 e. The molecule has 19 heavy (non-hydrogen) atoms. The van der Waals surface area contributed by atoms with E-state index in [1.165, 1.54) is 25.7 Å². The standard InChI is InChI=1S/C16H21NO2/c1-17(13-7-3-4-8-13)11-14(18)16-10-12-6-2-5-9-15(12)19-16/h2,5-6,9-10,13-14,18H,3-4,7-8,11H2,1H3. The Hall–Kier alpha value is -1.32. The molecule has 0 saturated heterocycles. The van der Waals surface area contributed by atoms with E-state index >= 15 is 0 Å². The first-order valence-electron chi connectivity index (χ1n) is 7.11. The number of benzene rings is 1. The summed E-state index contributed by atoms with van der Waals surface area (Å²) in [5.74, 6) is 0.672. The largest absolute Gasteiger partial charge is 0.458 e. The molecule has 0 aliphatic heterocycles. The van der Waals surface area contributed by atoms with Crippen LogP contribution in [0.4, 0.5) is 0 Å². The molecule has 2 aromatic rings. The maximum Gasteiger partial charge on any atom is 0.135 e. The van der Waals surface area contributed by atoms with E-state index in [9.17, 15) is 5.11 Å². The molecule has 102 valence electrons. The van der Waals surface area contributed by atoms with Gasteiger partial charge in [-0.05, 0) is 32.0 Å². The Balaban J connectivity index is 1.70. The fourth-order valence-electron chi connectivity index (χ4n) is 3.02. The van der Waals surface area contributed by atoms with Crippen LogP contribution in [-0.4, -0.2) is 29.6 Å². The molecule has 0 bridgehead atoms. The molecule has 0 spiro atoms. The van der Waals surface area contributed by atoms with Gasteiger partial charge in [0, 0.05) is 18.0 Å². The van der Waals surface area contributed by atoms with Crippen LogP contribution in [0.5, 0.6) is 0 Å². The number of likely N-dealkylation sites (N-methyl/N-ethyl adjacent to an activating group) is 1. The van der Waals surface area contributed by atoms with Crippen LogP contribution in [0.2, 0.25) is 0 Å². The van der Waals surface area contributed by atoms with Gasteiger partial charge in [0.15, 0.2) is 0 Å². The van der Waals surface area contributed by atoms with Crippen LogP contribution < -0.4 is 0 Å². The number of fused-ring (bicyclic) bond motifs is 1. The lowest BCUT2D eigenvalue weighted by Crippen LogP contribution is -2.32. The predicted octanol–water partition coefficient (Wildman–Crippen LogP) is 3.34. The maximum absolute atomic E-state index is 10.3. The minimum Gasteiger partial charge on any atom is -0.458 e. The fourth-order valence-corrected chi connectivity index (χ4v) is 3.02. The summed E-state index contributed by atoms with van der Waals surface area (Å²) < 4.78 is 5.72. The zero-order chi connectivity index (χ0) is 13.2. The summed E-state index contributed by atoms with van der Waals surface area (Å²) in [7, 11) is 2.10. The molecule has 3 nitrogen and oxygen atoms in total. The van der Waals surface area contributed by atoms with Gasteiger partial charge in [-0.2, -0.15) is 0 Å². The lowest BCUT2D eigenvalue weighted by atomic mass is 10.2. The highest BCUT2D eigenvalue weighted by molar-refractivity contribution is 5.77. The second-order valence-corrected chi connectivity index (χ2v) is 5.58. The van der Waals surface area contributed by atoms with Crippen LogP contribution >= 0.6 is 0 Å². The van der Waals surface area contributed by atoms with Crippen molar-refractivity contribution < 1.29 is 9.52 Å². The summed E-state index contributed by atoms with van der Waals surface area (Å²) in [6, 6.07) is 10.5. The molecule has 1 aromatic heterocycles. The highest BCUT2D eigenvalue weighted by atomic mass is 16.4. The average molecular weight is 259 g/mol. The number of para-hydroxylation sites is 1. The Bertz CT molecular complexity index is 509. The minimum absolute atomic E-state index is 0.544. The van der Waals surface area contributed by atoms with Crippen LogP contribution in [-0.2, 0) is 0 Å². The van der Waals surface area contributed by atoms with Crippen molar-refractivity contribution >= 4 is 11.0 Å². The molecule has 1 aliphatic rings. The van der Waals surface area contributed by atoms with E-state index in [4.69, 9.17) is 4.42 Å². The van der Waals surface area contributed by atoms with Crippen LogP contribution in [0.25, 0.3) is 11.0 Å². The maximum atomic E-state index is 10.3. The van der Waals surface area contributed by atoms with Crippen molar-refractivity contribution in [3.8, 4) is 0 Å². The van der Waals surface area contributed by atoms with Crippen LogP contribution in [0, 0.1) is 0 Å². The zero-order valence-electron chi connectivity index (χ0n) is 11.4. The molecular weight excluding hydrogens is 238 g/mol. The van der Waals surface area contributed by atoms with Gasteiger partial charge in [-0.25, -0.2) is 0 Å². The SMILES string of the molecule is CN(CC(O)c1cc2ccccc2o1)C1CCCC1. The van der Waals surface area contributed by atoms with E-state index in [-0.39, 0.29) is 0 Å². The number of nitrogens with zero attached hydrogens (tertiary/aromatic N) is 1. The van der Waals surface area contributed by atoms with E-state index in [0.29, 0.717) is 18.3 Å². The van der Waals surface area contributed by atoms with Crippen molar-refractivity contribution in [1.82, 2.24) is 4.90 Å². The van der Waals surface area contributed by atoms with Crippen molar-refractivity contribution in [3.63, 3.8) is 0 Å². The molecule has 3 rings (SSSR count). The normalized spacial score (nSPS) is 18.5. The molecule has 1 aromatic carbocycles. The lowest BCUT2D eigenvalue weighted by Gasteiger charge is -2.25. The Morgan fingerprint density at radius 3 is 2.79 bits per heavy atom. The molecule has 1 aliphatic carbocycles. The van der Waals surface area contributed by atoms with E-state index in [1.54, 1.807) is 0 Å². The van der Waals surface area contributed by atoms with Crippen molar-refractivity contribution in [2.45, 2.75) is 37.8 Å². The summed E-state index contributed by atoms with van der Waals surface area (Å²) >= 11 is 0. The van der Waals surface area contributed by atoms with Crippen LogP contribution in [0.15, 0.2) is 34.7 Å². The summed E-state index contributed by atoms with van der Waals surface area (Å²) in [5, 5.41) is 11.4. The molecule has 0 radical (unpaired) electrons. The molecule has 3 heteroatoms. The monoisotopic (exact) mass is 259 g/mol. The van der Waals surface area contributed by atoms with Gasteiger partial charge in [0.05, 0.1) is 0 Å². The van der Waals surface area contributed by atoms with Crippen molar-refractivity contribution in [3.05, 3.63) is 36.1 Å². The van der Waals surface area contributed by atoms with Gasteiger partial charge in [-0.3, -0.25) is 0 Å². The lowest BCUT2D eigenvalue weighted by molar-refractivity contribution is 0.0895. The van der Waals surface area contributed by atoms with Gasteiger partial charge in [-0.1, -0.05) is 31.0 Å². The first-order valence-corrected chi connectivity index (χ1v) is 7.11. The molecule has 1 saturated carbocycles. The molecule has 1 fully saturated rings. The zero-order valence-corrected chi connectivity index (χ0v) is 11.4. The van der Waals surface area contributed by atoms with Crippen molar-refractivity contribution in [1.29, 1.82) is 0 Å². The fraction of sp³-hybridized carbons (Fsp3) is 0.500. The van der Waals surface area contributed by atoms with Gasteiger partial charge in [0.2, 0.25) is 0 Å². The van der Waals surface area contributed by atoms with Gasteiger partial charge >= 0.3 is 0 Å². The van der Waals surface area contributed by atoms with E-state index in [0.717, 1.165) is 11.0 Å². The number of hydrogen-bond acceptors (Lipinski definition) is 3. The van der Waals surface area contributed by atoms with Gasteiger partial charge in [0.1, 0.15) is 17.4 Å². The van der Waals surface area contributed by atoms with E-state index in [1.807, 2.05) is 30.3 Å². The number of rotatable bonds is 4. The summed E-state index contributed by atoms with van der Waals surface area (Å²) in [4.78, 5) is 2.27. The Kier molecular flexibility index (Phi) is 3.58. The van der Waals surface area contributed by atoms with Gasteiger partial charge in [-0.15, -0.1) is 0 Å². The third-order valence-corrected chi connectivity index (χ3v) is 4.18. The topological polar surface area (TPSA) is 36.6 Å². The van der Waals surface area contributed by atoms with Gasteiger partial charge < -0.3 is 14.4 Å². The molecule has 1 unspecified atom stereocenters. The second-order valence-electron chi connectivity index (χ2n) is 5.58. The number of furan rings is 1. The third-order valence-electron chi connectivity index (χ3n) is 4.18. The Labute approximate surface area is 113 Å². The molecule has 1 heterocycles. The predicted molar refractivity (Wildman–Crippen MR) is 76.1 cm³/mol. The van der Waals surface area contributed by atoms with Crippen molar-refractivity contribution in [2.75, 3.05) is 13.6 Å². The molecule has 1 atom stereocenters. The summed E-state index contributed by atoms with van der Waals surface area (Å²) in [5.41, 5.74) is 0.847. The quantitative estimate of drug-likeness (QED) is 0.915. The number of aliphatic hydroxyl groups is 1. The van der Waals surface area contributed by atoms with Crippen LogP contribution in [0.1, 0.15) is 37.5 Å².